The summed E-state index contributed by atoms with van der Waals surface area (Å²) in [5, 5.41) is 3.59. The van der Waals surface area contributed by atoms with Gasteiger partial charge in [0, 0.05) is 36.4 Å². The van der Waals surface area contributed by atoms with Crippen LogP contribution in [0.1, 0.15) is 4.88 Å². The molecule has 1 saturated heterocycles. The molecule has 1 aliphatic rings. The molecule has 1 aliphatic heterocycles. The smallest absolute Gasteiger partial charge is 0.240 e. The lowest BCUT2D eigenvalue weighted by Crippen LogP contribution is -2.47. The molecular weight excluding hydrogens is 282 g/mol. The molecule has 0 spiro atoms. The summed E-state index contributed by atoms with van der Waals surface area (Å²) >= 11 is 7.85. The number of halogens is 1. The number of piperazine rings is 1. The molecule has 0 radical (unpaired) electrons. The molecular formula is C12H16ClN5S. The Morgan fingerprint density at radius 3 is 2.74 bits per heavy atom. The van der Waals surface area contributed by atoms with Crippen molar-refractivity contribution >= 4 is 39.1 Å². The second-order valence-electron chi connectivity index (χ2n) is 4.82. The maximum atomic E-state index is 6.21. The highest BCUT2D eigenvalue weighted by Gasteiger charge is 2.15. The maximum absolute atomic E-state index is 6.21. The van der Waals surface area contributed by atoms with Gasteiger partial charge >= 0.3 is 0 Å². The van der Waals surface area contributed by atoms with Crippen molar-refractivity contribution in [2.45, 2.75) is 6.92 Å². The number of hydrogen-bond acceptors (Lipinski definition) is 6. The molecule has 0 atom stereocenters. The number of aryl methyl sites for hydroxylation is 1. The Balaban J connectivity index is 1.81. The van der Waals surface area contributed by atoms with Crippen LogP contribution in [0.3, 0.4) is 0 Å². The van der Waals surface area contributed by atoms with Gasteiger partial charge in [-0.2, -0.15) is 4.98 Å². The van der Waals surface area contributed by atoms with Crippen LogP contribution in [0.5, 0.6) is 0 Å². The first-order valence-corrected chi connectivity index (χ1v) is 7.45. The predicted molar refractivity (Wildman–Crippen MR) is 79.9 cm³/mol. The van der Waals surface area contributed by atoms with Crippen LogP contribution >= 0.6 is 22.9 Å². The molecule has 2 aromatic rings. The first-order valence-electron chi connectivity index (χ1n) is 6.25. The average molecular weight is 298 g/mol. The number of nitrogens with one attached hydrogen (secondary N) is 1. The summed E-state index contributed by atoms with van der Waals surface area (Å²) in [6.07, 6.45) is 0. The zero-order valence-electron chi connectivity index (χ0n) is 11.0. The van der Waals surface area contributed by atoms with E-state index in [-0.39, 0.29) is 0 Å². The molecule has 3 rings (SSSR count). The zero-order chi connectivity index (χ0) is 13.4. The van der Waals surface area contributed by atoms with Gasteiger partial charge in [-0.15, -0.1) is 11.3 Å². The molecule has 0 unspecified atom stereocenters. The Bertz CT molecular complexity index is 591. The van der Waals surface area contributed by atoms with E-state index in [2.05, 4.69) is 39.3 Å². The Morgan fingerprint density at radius 2 is 2.00 bits per heavy atom. The van der Waals surface area contributed by atoms with Crippen LogP contribution in [-0.4, -0.2) is 53.1 Å². The highest BCUT2D eigenvalue weighted by atomic mass is 35.5. The van der Waals surface area contributed by atoms with Crippen LogP contribution in [0.25, 0.3) is 10.2 Å². The number of aromatic nitrogens is 2. The minimum atomic E-state index is 0.519. The van der Waals surface area contributed by atoms with Crippen molar-refractivity contribution in [3.8, 4) is 0 Å². The van der Waals surface area contributed by atoms with Gasteiger partial charge in [0.15, 0.2) is 0 Å². The van der Waals surface area contributed by atoms with Gasteiger partial charge in [-0.1, -0.05) is 11.6 Å². The van der Waals surface area contributed by atoms with E-state index in [0.717, 1.165) is 36.4 Å². The number of likely N-dealkylation sites (N-methyl/N-ethyl adjacent to an activating group) is 1. The Hall–Kier alpha value is -0.950. The van der Waals surface area contributed by atoms with E-state index in [1.165, 1.54) is 4.88 Å². The molecule has 0 saturated carbocycles. The van der Waals surface area contributed by atoms with Gasteiger partial charge in [0.05, 0.1) is 0 Å². The van der Waals surface area contributed by atoms with Gasteiger partial charge in [0.25, 0.3) is 0 Å². The number of fused-ring (bicyclic) bond motifs is 1. The number of anilines is 1. The zero-order valence-corrected chi connectivity index (χ0v) is 12.6. The molecule has 3 heterocycles. The van der Waals surface area contributed by atoms with Gasteiger partial charge in [-0.3, -0.25) is 5.43 Å². The van der Waals surface area contributed by atoms with Crippen molar-refractivity contribution in [2.75, 3.05) is 38.7 Å². The highest BCUT2D eigenvalue weighted by Crippen LogP contribution is 2.29. The summed E-state index contributed by atoms with van der Waals surface area (Å²) in [5.41, 5.74) is 3.25. The first kappa shape index (κ1) is 13.1. The second kappa shape index (κ2) is 5.20. The van der Waals surface area contributed by atoms with E-state index in [4.69, 9.17) is 11.6 Å². The third-order valence-electron chi connectivity index (χ3n) is 3.23. The normalized spacial score (nSPS) is 18.1. The molecule has 2 aromatic heterocycles. The van der Waals surface area contributed by atoms with Gasteiger partial charge < -0.3 is 4.90 Å². The molecule has 1 fully saturated rings. The third kappa shape index (κ3) is 2.81. The van der Waals surface area contributed by atoms with Crippen LogP contribution in [0.15, 0.2) is 6.07 Å². The van der Waals surface area contributed by atoms with Crippen molar-refractivity contribution in [3.05, 3.63) is 16.1 Å². The van der Waals surface area contributed by atoms with E-state index in [0.29, 0.717) is 11.1 Å². The lowest BCUT2D eigenvalue weighted by molar-refractivity contribution is 0.178. The summed E-state index contributed by atoms with van der Waals surface area (Å²) in [6.45, 7) is 6.05. The van der Waals surface area contributed by atoms with Crippen molar-refractivity contribution in [1.29, 1.82) is 0 Å². The summed E-state index contributed by atoms with van der Waals surface area (Å²) in [5.74, 6) is 0.587. The fourth-order valence-electron chi connectivity index (χ4n) is 2.12. The van der Waals surface area contributed by atoms with Gasteiger partial charge in [-0.05, 0) is 20.0 Å². The van der Waals surface area contributed by atoms with Crippen LogP contribution in [0, 0.1) is 6.92 Å². The van der Waals surface area contributed by atoms with Crippen LogP contribution < -0.4 is 5.43 Å². The molecule has 5 nitrogen and oxygen atoms in total. The SMILES string of the molecule is Cc1cc2c(Cl)nc(NN3CCN(C)CC3)nc2s1. The minimum Gasteiger partial charge on any atom is -0.304 e. The molecule has 0 amide bonds. The van der Waals surface area contributed by atoms with E-state index in [1.54, 1.807) is 11.3 Å². The van der Waals surface area contributed by atoms with Crippen molar-refractivity contribution in [1.82, 2.24) is 19.9 Å². The summed E-state index contributed by atoms with van der Waals surface area (Å²) in [6, 6.07) is 2.03. The maximum Gasteiger partial charge on any atom is 0.240 e. The number of hydrogen-bond donors (Lipinski definition) is 1. The van der Waals surface area contributed by atoms with Gasteiger partial charge in [0.1, 0.15) is 9.98 Å². The molecule has 7 heteroatoms. The van der Waals surface area contributed by atoms with E-state index < -0.39 is 0 Å². The largest absolute Gasteiger partial charge is 0.304 e. The van der Waals surface area contributed by atoms with Gasteiger partial charge in [-0.25, -0.2) is 9.99 Å². The average Bonchev–Trinajstić information content (AvgIpc) is 2.73. The molecule has 0 aromatic carbocycles. The Morgan fingerprint density at radius 1 is 1.26 bits per heavy atom. The van der Waals surface area contributed by atoms with Crippen molar-refractivity contribution < 1.29 is 0 Å². The number of nitrogens with zero attached hydrogens (tertiary/aromatic N) is 4. The molecule has 19 heavy (non-hydrogen) atoms. The van der Waals surface area contributed by atoms with Crippen LogP contribution in [-0.2, 0) is 0 Å². The Kier molecular flexibility index (Phi) is 3.58. The lowest BCUT2D eigenvalue weighted by atomic mass is 10.4. The van der Waals surface area contributed by atoms with Crippen molar-refractivity contribution in [2.24, 2.45) is 0 Å². The van der Waals surface area contributed by atoms with E-state index in [9.17, 15) is 0 Å². The topological polar surface area (TPSA) is 44.3 Å². The highest BCUT2D eigenvalue weighted by molar-refractivity contribution is 7.18. The Labute approximate surface area is 121 Å². The number of hydrazine groups is 1. The summed E-state index contributed by atoms with van der Waals surface area (Å²) in [4.78, 5) is 13.3. The van der Waals surface area contributed by atoms with E-state index in [1.807, 2.05) is 6.07 Å². The van der Waals surface area contributed by atoms with Crippen LogP contribution in [0.4, 0.5) is 5.95 Å². The molecule has 1 N–H and O–H groups in total. The number of thiophene rings is 1. The summed E-state index contributed by atoms with van der Waals surface area (Å²) in [7, 11) is 2.13. The van der Waals surface area contributed by atoms with Crippen molar-refractivity contribution in [3.63, 3.8) is 0 Å². The predicted octanol–water partition coefficient (Wildman–Crippen LogP) is 2.23. The van der Waals surface area contributed by atoms with Crippen LogP contribution in [0.2, 0.25) is 5.15 Å². The van der Waals surface area contributed by atoms with E-state index >= 15 is 0 Å². The third-order valence-corrected chi connectivity index (χ3v) is 4.46. The molecule has 102 valence electrons. The summed E-state index contributed by atoms with van der Waals surface area (Å²) < 4.78 is 0. The van der Waals surface area contributed by atoms with Gasteiger partial charge in [0.2, 0.25) is 5.95 Å². The minimum absolute atomic E-state index is 0.519. The lowest BCUT2D eigenvalue weighted by Gasteiger charge is -2.32. The molecule has 0 bridgehead atoms. The first-order chi connectivity index (χ1) is 9.11. The quantitative estimate of drug-likeness (QED) is 0.861. The number of rotatable bonds is 2. The fraction of sp³-hybridized carbons (Fsp3) is 0.500. The fourth-order valence-corrected chi connectivity index (χ4v) is 3.28. The standard InChI is InChI=1S/C12H16ClN5S/c1-8-7-9-10(13)14-12(15-11(9)19-8)16-18-5-3-17(2)4-6-18/h7H,3-6H2,1-2H3,(H,14,15,16). The monoisotopic (exact) mass is 297 g/mol. The second-order valence-corrected chi connectivity index (χ2v) is 6.41. The molecule has 0 aliphatic carbocycles.